The first-order valence-electron chi connectivity index (χ1n) is 49.2. The molecule has 0 radical (unpaired) electrons. The van der Waals surface area contributed by atoms with Crippen LogP contribution in [0.25, 0.3) is 299 Å². The maximum atomic E-state index is 5.41. The molecule has 0 amide bonds. The third-order valence-electron chi connectivity index (χ3n) is 28.8. The number of para-hydroxylation sites is 4. The maximum Gasteiger partial charge on any atom is 0.238 e. The van der Waals surface area contributed by atoms with Gasteiger partial charge in [-0.15, -0.1) is 34.0 Å². The summed E-state index contributed by atoms with van der Waals surface area (Å²) in [6.45, 7) is 0. The number of fused-ring (bicyclic) bond motifs is 37. The quantitative estimate of drug-likeness (QED) is 0.119. The van der Waals surface area contributed by atoms with E-state index in [1.165, 1.54) is 61.3 Å². The van der Waals surface area contributed by atoms with Crippen LogP contribution in [-0.4, -0.2) is 73.5 Å². The van der Waals surface area contributed by atoms with Gasteiger partial charge in [-0.1, -0.05) is 328 Å². The second kappa shape index (κ2) is 34.3. The molecule has 0 spiro atoms. The van der Waals surface area contributed by atoms with Gasteiger partial charge in [-0.3, -0.25) is 39.0 Å². The second-order valence-corrected chi connectivity index (χ2v) is 40.3. The summed E-state index contributed by atoms with van der Waals surface area (Å²) in [5.74, 6) is 2.47. The van der Waals surface area contributed by atoms with Gasteiger partial charge >= 0.3 is 0 Å². The molecule has 0 atom stereocenters. The number of hydrogen-bond donors (Lipinski definition) is 0. The van der Waals surface area contributed by atoms with Crippen LogP contribution in [0, 0.1) is 0 Å². The van der Waals surface area contributed by atoms with Crippen molar-refractivity contribution in [3.05, 3.63) is 456 Å². The predicted molar refractivity (Wildman–Crippen MR) is 615 cm³/mol. The summed E-state index contributed by atoms with van der Waals surface area (Å²) in [5.41, 5.74) is 26.5. The predicted octanol–water partition coefficient (Wildman–Crippen LogP) is 33.9. The number of rotatable bonds is 10. The summed E-state index contributed by atoms with van der Waals surface area (Å²) >= 11 is 5.44. The van der Waals surface area contributed by atoms with Gasteiger partial charge in [0.1, 0.15) is 0 Å². The average Bonchev–Trinajstić information content (AvgIpc) is 1.54. The molecule has 18 heteroatoms. The Morgan fingerprint density at radius 2 is 0.514 bits per heavy atom. The largest absolute Gasteiger partial charge is 0.308 e. The van der Waals surface area contributed by atoms with Crippen molar-refractivity contribution < 1.29 is 0 Å². The molecule has 0 N–H and O–H groups in total. The lowest BCUT2D eigenvalue weighted by molar-refractivity contribution is 0.955. The minimum atomic E-state index is 0.573. The monoisotopic (exact) mass is 1940 g/mol. The summed E-state index contributed by atoms with van der Waals surface area (Å²) in [6, 6.07) is 147. The normalized spacial score (nSPS) is 11.9. The van der Waals surface area contributed by atoms with Gasteiger partial charge in [0.2, 0.25) is 11.9 Å². The molecule has 688 valence electrons. The molecule has 0 unspecified atom stereocenters. The van der Waals surface area contributed by atoms with Crippen LogP contribution >= 0.6 is 34.0 Å². The molecule has 15 nitrogen and oxygen atoms in total. The number of aromatic nitrogens is 15. The fourth-order valence-corrected chi connectivity index (χ4v) is 26.2. The zero-order valence-corrected chi connectivity index (χ0v) is 81.2. The van der Waals surface area contributed by atoms with Crippen molar-refractivity contribution in [3.8, 4) is 96.4 Å². The summed E-state index contributed by atoms with van der Waals surface area (Å²) in [6.07, 6.45) is 11.3. The Morgan fingerprint density at radius 3 is 0.946 bits per heavy atom. The van der Waals surface area contributed by atoms with Crippen LogP contribution in [0.4, 0.5) is 0 Å². The summed E-state index contributed by atoms with van der Waals surface area (Å²) in [4.78, 5) is 60.9. The summed E-state index contributed by atoms with van der Waals surface area (Å²) in [7, 11) is 0. The molecular weight excluding hydrogens is 1870 g/mol. The zero-order chi connectivity index (χ0) is 97.1. The lowest BCUT2D eigenvalue weighted by Crippen LogP contribution is -2.06. The van der Waals surface area contributed by atoms with E-state index in [0.717, 1.165) is 214 Å². The Morgan fingerprint density at radius 1 is 0.189 bits per heavy atom. The Bertz CT molecular complexity index is 11000. The highest BCUT2D eigenvalue weighted by Crippen LogP contribution is 2.55. The van der Waals surface area contributed by atoms with Crippen molar-refractivity contribution in [2.24, 2.45) is 0 Å². The number of benzene rings is 17. The SMILES string of the molecule is c1ccc(-c2cc(-c3cc(-c4ccccc4)cc(-c4ccccc4)n3)cc(-n3c4ccccc4c4c5c6cccnc6cnc5c5c6ccccc6sc5c43)c2)cc1.c1ccc(-c2nc(-c3ccccc3)nc(-n3c4ccccc4c4c5c6cccnc6cnc5c5c6ccccc6sc5c43)n2)cc1.c1ccc(-c2nc(-n3c4ccccc4c4c5c6cccnc6cnc5c5c6ccccc6sc5c43)nc3ccccc23)cc1. The van der Waals surface area contributed by atoms with Crippen molar-refractivity contribution in [1.29, 1.82) is 0 Å². The number of thiophene rings is 3. The third kappa shape index (κ3) is 13.5. The summed E-state index contributed by atoms with van der Waals surface area (Å²) < 4.78 is 14.2. The molecule has 17 aromatic carbocycles. The van der Waals surface area contributed by atoms with E-state index in [4.69, 9.17) is 59.8 Å². The first kappa shape index (κ1) is 84.4. The van der Waals surface area contributed by atoms with Gasteiger partial charge in [0, 0.05) is 169 Å². The lowest BCUT2D eigenvalue weighted by atomic mass is 9.97. The highest BCUT2D eigenvalue weighted by atomic mass is 32.1. The molecule has 32 rings (SSSR count). The molecule has 0 aliphatic carbocycles. The Balaban J connectivity index is 0.000000104. The van der Waals surface area contributed by atoms with Crippen molar-refractivity contribution in [2.45, 2.75) is 0 Å². The molecule has 0 aliphatic rings. The van der Waals surface area contributed by atoms with E-state index >= 15 is 0 Å². The van der Waals surface area contributed by atoms with E-state index in [1.807, 2.05) is 151 Å². The van der Waals surface area contributed by atoms with E-state index in [0.29, 0.717) is 23.5 Å². The van der Waals surface area contributed by atoms with Crippen molar-refractivity contribution in [2.75, 3.05) is 0 Å². The zero-order valence-electron chi connectivity index (χ0n) is 78.7. The van der Waals surface area contributed by atoms with E-state index in [9.17, 15) is 0 Å². The van der Waals surface area contributed by atoms with Gasteiger partial charge in [0.05, 0.1) is 121 Å². The highest BCUT2D eigenvalue weighted by molar-refractivity contribution is 7.28. The minimum Gasteiger partial charge on any atom is -0.308 e. The first-order valence-corrected chi connectivity index (χ1v) is 51.6. The van der Waals surface area contributed by atoms with Crippen LogP contribution in [0.5, 0.6) is 0 Å². The van der Waals surface area contributed by atoms with E-state index in [1.54, 1.807) is 11.3 Å². The molecule has 148 heavy (non-hydrogen) atoms. The molecule has 0 saturated carbocycles. The van der Waals surface area contributed by atoms with Gasteiger partial charge < -0.3 is 4.57 Å². The third-order valence-corrected chi connectivity index (χ3v) is 32.3. The van der Waals surface area contributed by atoms with Crippen molar-refractivity contribution in [3.63, 3.8) is 0 Å². The van der Waals surface area contributed by atoms with Crippen molar-refractivity contribution >= 4 is 236 Å². The summed E-state index contributed by atoms with van der Waals surface area (Å²) in [5, 5.41) is 21.6. The van der Waals surface area contributed by atoms with Gasteiger partial charge in [-0.25, -0.2) is 19.9 Å². The standard InChI is InChI=1S/C53H32N4S.C39H22N6S.C38H21N5S/c1-4-15-33(16-5-1)36-27-38(44-31-37(34-17-6-2-7-18-34)30-43(56-44)35-19-8-3-9-20-35)29-39(28-36)57-46-24-12-10-21-41(46)49-48-40-23-14-26-54-45(40)32-55-51(48)50-42-22-11-13-25-47(42)58-53(50)52(49)57;1-3-12-23(13-4-1)37-42-38(24-14-5-2-6-15-24)44-39(43-37)45-29-19-9-7-16-26(29)32-31-25-18-11-21-40-28(25)22-41-34(31)33-27-17-8-10-20-30(27)46-36(33)35(32)45;1-2-11-22(12-3-1)34-24-13-4-7-17-27(24)41-38(42-34)43-29-18-8-5-14-25(29)32-31-23-16-10-20-39-28(23)21-40-35(31)33-26-15-6-9-19-30(26)44-37(33)36(32)43/h1-32H;1-22H;1-21H. The van der Waals surface area contributed by atoms with Crippen LogP contribution in [0.15, 0.2) is 456 Å². The Hall–Kier alpha value is -19.2. The molecular formula is C130H75N15S3. The van der Waals surface area contributed by atoms with Crippen LogP contribution in [0.1, 0.15) is 0 Å². The maximum absolute atomic E-state index is 5.41. The van der Waals surface area contributed by atoms with E-state index in [2.05, 4.69) is 341 Å². The second-order valence-electron chi connectivity index (χ2n) is 37.2. The Kier molecular flexibility index (Phi) is 19.6. The van der Waals surface area contributed by atoms with Gasteiger partial charge in [0.15, 0.2) is 11.6 Å². The smallest absolute Gasteiger partial charge is 0.238 e. The number of nitrogens with zero attached hydrogens (tertiary/aromatic N) is 15. The first-order chi connectivity index (χ1) is 73.4. The Labute approximate surface area is 855 Å². The topological polar surface area (TPSA) is 169 Å². The van der Waals surface area contributed by atoms with Crippen LogP contribution < -0.4 is 0 Å². The molecule has 15 aromatic heterocycles. The molecule has 0 fully saturated rings. The van der Waals surface area contributed by atoms with Crippen LogP contribution in [-0.2, 0) is 0 Å². The molecule has 0 aliphatic heterocycles. The molecule has 15 heterocycles. The molecule has 0 bridgehead atoms. The molecule has 32 aromatic rings. The van der Waals surface area contributed by atoms with E-state index in [-0.39, 0.29) is 0 Å². The number of pyridine rings is 7. The van der Waals surface area contributed by atoms with Crippen LogP contribution in [0.2, 0.25) is 0 Å². The average molecular weight is 1940 g/mol. The lowest BCUT2D eigenvalue weighted by Gasteiger charge is -2.16. The van der Waals surface area contributed by atoms with E-state index < -0.39 is 0 Å². The highest BCUT2D eigenvalue weighted by Gasteiger charge is 2.32. The van der Waals surface area contributed by atoms with Gasteiger partial charge in [0.25, 0.3) is 0 Å². The van der Waals surface area contributed by atoms with Gasteiger partial charge in [-0.05, 0) is 113 Å². The van der Waals surface area contributed by atoms with Crippen molar-refractivity contribution in [1.82, 2.24) is 73.5 Å². The van der Waals surface area contributed by atoms with Gasteiger partial charge in [-0.2, -0.15) is 9.97 Å². The minimum absolute atomic E-state index is 0.573. The molecule has 0 saturated heterocycles. The van der Waals surface area contributed by atoms with Crippen LogP contribution in [0.3, 0.4) is 0 Å². The number of hydrogen-bond acceptors (Lipinski definition) is 15. The fraction of sp³-hybridized carbons (Fsp3) is 0. The fourth-order valence-electron chi connectivity index (χ4n) is 22.4.